The molecule has 12 aromatic carbocycles. The Balaban J connectivity index is 0.000000127. The molecule has 0 aliphatic carbocycles. The summed E-state index contributed by atoms with van der Waals surface area (Å²) in [4.78, 5) is 0. The third-order valence-electron chi connectivity index (χ3n) is 21.6. The highest BCUT2D eigenvalue weighted by atomic mass is 16.5. The number of aryl methyl sites for hydroxylation is 2. The first-order valence-electron chi connectivity index (χ1n) is 35.9. The largest absolute Gasteiger partial charge is 0.508 e. The zero-order valence-corrected chi connectivity index (χ0v) is 61.3. The maximum atomic E-state index is 10.1. The number of methoxy groups -OCH3 is 2. The van der Waals surface area contributed by atoms with Crippen LogP contribution in [-0.2, 0) is 0 Å². The van der Waals surface area contributed by atoms with Gasteiger partial charge in [-0.25, -0.2) is 0 Å². The topological polar surface area (TPSA) is 258 Å². The SMILES string of the molecule is COc1ccc([C@H]2c3ccc(O)c(C)c3OC[C@H]2c2ccc(O)cc2)cc1.COc1ccc([C@H]2c3ccc(O)c(C)c3OC[C@H]2c2ccc(O)cc2)cc1C.Cc1c(O)ccc2c1OC[C@@H](c1ccc(O)cc1)[C@H]2c1ccc(O)cc1.Cc1cc([C@H]2c3ccc(O)c(C)c3OC[C@H]2c2ccc(O)cc2)ccc1O. The molecule has 4 aliphatic heterocycles. The van der Waals surface area contributed by atoms with E-state index < -0.39 is 0 Å². The Morgan fingerprint density at radius 1 is 0.250 bits per heavy atom. The predicted molar refractivity (Wildman–Crippen MR) is 416 cm³/mol. The number of hydrogen-bond acceptors (Lipinski definition) is 16. The molecule has 0 unspecified atom stereocenters. The van der Waals surface area contributed by atoms with E-state index in [1.807, 2.05) is 157 Å². The Kier molecular flexibility index (Phi) is 21.6. The number of ether oxygens (including phenoxy) is 6. The van der Waals surface area contributed by atoms with E-state index in [1.54, 1.807) is 105 Å². The lowest BCUT2D eigenvalue weighted by atomic mass is 9.75. The smallest absolute Gasteiger partial charge is 0.129 e. The molecule has 16 heteroatoms. The number of aromatic hydroxyl groups is 10. The Labute approximate surface area is 628 Å². The zero-order chi connectivity index (χ0) is 76.2. The van der Waals surface area contributed by atoms with Crippen LogP contribution in [0.2, 0.25) is 0 Å². The summed E-state index contributed by atoms with van der Waals surface area (Å²) < 4.78 is 35.0. The van der Waals surface area contributed by atoms with Gasteiger partial charge in [0.1, 0.15) is 92.0 Å². The molecule has 0 saturated heterocycles. The number of fused-ring (bicyclic) bond motifs is 4. The second kappa shape index (κ2) is 31.6. The minimum absolute atomic E-state index is 0.0110. The molecule has 0 spiro atoms. The van der Waals surface area contributed by atoms with Crippen molar-refractivity contribution in [2.45, 2.75) is 88.9 Å². The van der Waals surface area contributed by atoms with E-state index in [0.717, 1.165) is 129 Å². The minimum atomic E-state index is 0.0110. The molecule has 8 atom stereocenters. The molecule has 0 fully saturated rings. The summed E-state index contributed by atoms with van der Waals surface area (Å²) in [5.41, 5.74) is 17.8. The minimum Gasteiger partial charge on any atom is -0.508 e. The van der Waals surface area contributed by atoms with E-state index in [-0.39, 0.29) is 105 Å². The molecule has 0 bridgehead atoms. The van der Waals surface area contributed by atoms with E-state index in [2.05, 4.69) is 24.3 Å². The normalized spacial score (nSPS) is 18.5. The van der Waals surface area contributed by atoms with Gasteiger partial charge in [0.2, 0.25) is 0 Å². The maximum absolute atomic E-state index is 10.1. The van der Waals surface area contributed by atoms with E-state index in [0.29, 0.717) is 26.4 Å². The molecule has 552 valence electrons. The van der Waals surface area contributed by atoms with Crippen LogP contribution in [0, 0.1) is 41.5 Å². The van der Waals surface area contributed by atoms with E-state index >= 15 is 0 Å². The van der Waals surface area contributed by atoms with Crippen LogP contribution in [0.1, 0.15) is 147 Å². The highest BCUT2D eigenvalue weighted by Gasteiger charge is 2.40. The van der Waals surface area contributed by atoms with Crippen molar-refractivity contribution in [3.8, 4) is 92.0 Å². The first-order chi connectivity index (χ1) is 52.1. The Bertz CT molecular complexity index is 5170. The van der Waals surface area contributed by atoms with Crippen LogP contribution >= 0.6 is 0 Å². The molecule has 108 heavy (non-hydrogen) atoms. The summed E-state index contributed by atoms with van der Waals surface area (Å²) in [5, 5.41) is 98.5. The van der Waals surface area contributed by atoms with Gasteiger partial charge in [0.15, 0.2) is 0 Å². The fraction of sp³-hybridized carbons (Fsp3) is 0.217. The van der Waals surface area contributed by atoms with Crippen molar-refractivity contribution in [1.82, 2.24) is 0 Å². The van der Waals surface area contributed by atoms with Gasteiger partial charge in [-0.3, -0.25) is 0 Å². The second-order valence-electron chi connectivity index (χ2n) is 28.1. The molecule has 16 nitrogen and oxygen atoms in total. The van der Waals surface area contributed by atoms with Crippen molar-refractivity contribution in [1.29, 1.82) is 0 Å². The standard InChI is InChI=1S/C24H24O4.2C23H22O4.C22H20O4/c1-14-12-17(6-11-22(14)27-3)23-19-9-10-21(26)15(2)24(19)28-13-20(23)16-4-7-18(25)8-5-16;1-14-21(25)12-11-19-22(16-5-9-18(26-2)10-6-16)20(13-27-23(14)19)15-3-7-17(24)8-4-15;1-13-11-16(5-9-20(13)25)22-18-8-10-21(26)14(2)23(18)27-12-19(22)15-3-6-17(24)7-4-15;1-13-20(25)11-10-18-21(15-4-8-17(24)9-5-15)19(12-26-22(13)18)14-2-6-16(23)7-3-14/h4-12,20,23,25-26H,13H2,1-3H3;3-12,20,22,24-25H,13H2,1-2H3;3-11,19,22,24-26H,12H2,1-2H3;2-11,19,21,23-25H,12H2,1H3/t20-,23-;20-,22-;19-,22-;19-,21-/m0000/s1. The molecule has 4 aliphatic rings. The fourth-order valence-corrected chi connectivity index (χ4v) is 15.6. The number of rotatable bonds is 10. The second-order valence-corrected chi connectivity index (χ2v) is 28.1. The Hall–Kier alpha value is -12.6. The molecule has 0 radical (unpaired) electrons. The molecule has 0 amide bonds. The Morgan fingerprint density at radius 2 is 0.491 bits per heavy atom. The zero-order valence-electron chi connectivity index (χ0n) is 61.3. The summed E-state index contributed by atoms with van der Waals surface area (Å²) in [6, 6.07) is 70.8. The third kappa shape index (κ3) is 15.2. The molecule has 4 heterocycles. The van der Waals surface area contributed by atoms with Gasteiger partial charge in [0.05, 0.1) is 40.6 Å². The maximum Gasteiger partial charge on any atom is 0.129 e. The van der Waals surface area contributed by atoms with Gasteiger partial charge in [-0.1, -0.05) is 121 Å². The lowest BCUT2D eigenvalue weighted by Gasteiger charge is -2.35. The van der Waals surface area contributed by atoms with Crippen LogP contribution in [0.3, 0.4) is 0 Å². The highest BCUT2D eigenvalue weighted by Crippen LogP contribution is 2.54. The van der Waals surface area contributed by atoms with Crippen LogP contribution < -0.4 is 28.4 Å². The van der Waals surface area contributed by atoms with Crippen molar-refractivity contribution in [2.24, 2.45) is 0 Å². The molecule has 16 rings (SSSR count). The summed E-state index contributed by atoms with van der Waals surface area (Å²) in [7, 11) is 3.33. The van der Waals surface area contributed by atoms with Crippen molar-refractivity contribution in [3.05, 3.63) is 331 Å². The summed E-state index contributed by atoms with van der Waals surface area (Å²) in [6.07, 6.45) is 0. The van der Waals surface area contributed by atoms with Crippen LogP contribution in [0.15, 0.2) is 231 Å². The van der Waals surface area contributed by atoms with Crippen molar-refractivity contribution in [2.75, 3.05) is 40.6 Å². The van der Waals surface area contributed by atoms with Gasteiger partial charge < -0.3 is 79.5 Å². The molecule has 0 saturated carbocycles. The van der Waals surface area contributed by atoms with Gasteiger partial charge in [-0.2, -0.15) is 0 Å². The number of hydrogen-bond donors (Lipinski definition) is 10. The molecule has 12 aromatic rings. The number of benzene rings is 12. The third-order valence-corrected chi connectivity index (χ3v) is 21.6. The quantitative estimate of drug-likeness (QED) is 0.0611. The van der Waals surface area contributed by atoms with E-state index in [9.17, 15) is 51.1 Å². The van der Waals surface area contributed by atoms with Gasteiger partial charge in [-0.05, 0) is 206 Å². The van der Waals surface area contributed by atoms with Gasteiger partial charge >= 0.3 is 0 Å². The molecular formula is C92H88O16. The van der Waals surface area contributed by atoms with Crippen molar-refractivity contribution < 1.29 is 79.5 Å². The summed E-state index contributed by atoms with van der Waals surface area (Å²) in [6.45, 7) is 13.3. The number of phenolic OH excluding ortho intramolecular Hbond substituents is 10. The van der Waals surface area contributed by atoms with E-state index in [1.165, 1.54) is 5.56 Å². The molecular weight excluding hydrogens is 1360 g/mol. The van der Waals surface area contributed by atoms with Crippen LogP contribution in [0.5, 0.6) is 92.0 Å². The van der Waals surface area contributed by atoms with Crippen LogP contribution in [0.25, 0.3) is 0 Å². The first-order valence-corrected chi connectivity index (χ1v) is 35.9. The highest BCUT2D eigenvalue weighted by molar-refractivity contribution is 5.61. The average molecular weight is 1450 g/mol. The monoisotopic (exact) mass is 1450 g/mol. The van der Waals surface area contributed by atoms with Crippen molar-refractivity contribution in [3.63, 3.8) is 0 Å². The van der Waals surface area contributed by atoms with Gasteiger partial charge in [0.25, 0.3) is 0 Å². The lowest BCUT2D eigenvalue weighted by molar-refractivity contribution is 0.245. The summed E-state index contributed by atoms with van der Waals surface area (Å²) in [5.74, 6) is 7.46. The van der Waals surface area contributed by atoms with Crippen LogP contribution in [-0.4, -0.2) is 91.7 Å². The van der Waals surface area contributed by atoms with Crippen LogP contribution in [0.4, 0.5) is 0 Å². The Morgan fingerprint density at radius 3 is 0.759 bits per heavy atom. The fourth-order valence-electron chi connectivity index (χ4n) is 15.6. The molecule has 10 N–H and O–H groups in total. The first kappa shape index (κ1) is 73.7. The van der Waals surface area contributed by atoms with Crippen molar-refractivity contribution >= 4 is 0 Å². The van der Waals surface area contributed by atoms with Gasteiger partial charge in [-0.15, -0.1) is 0 Å². The predicted octanol–water partition coefficient (Wildman–Crippen LogP) is 18.9. The van der Waals surface area contributed by atoms with E-state index in [4.69, 9.17) is 28.4 Å². The average Bonchev–Trinajstić information content (AvgIpc) is 0.775. The molecule has 0 aromatic heterocycles. The lowest BCUT2D eigenvalue weighted by Crippen LogP contribution is -2.26. The number of phenols is 10. The summed E-state index contributed by atoms with van der Waals surface area (Å²) >= 11 is 0. The van der Waals surface area contributed by atoms with Gasteiger partial charge in [0, 0.05) is 91.9 Å².